The summed E-state index contributed by atoms with van der Waals surface area (Å²) in [6.45, 7) is 10.4. The van der Waals surface area contributed by atoms with Crippen LogP contribution in [0.2, 0.25) is 0 Å². The van der Waals surface area contributed by atoms with Crippen molar-refractivity contribution in [3.05, 3.63) is 0 Å². The van der Waals surface area contributed by atoms with Crippen LogP contribution in [0, 0.1) is 11.3 Å². The van der Waals surface area contributed by atoms with Gasteiger partial charge in [0, 0.05) is 19.1 Å². The topological polar surface area (TPSA) is 40.5 Å². The molecule has 0 bridgehead atoms. The van der Waals surface area contributed by atoms with Crippen LogP contribution in [0.15, 0.2) is 0 Å². The molecule has 1 N–H and O–H groups in total. The molecule has 0 aromatic rings. The highest BCUT2D eigenvalue weighted by molar-refractivity contribution is 5.70. The van der Waals surface area contributed by atoms with Crippen LogP contribution in [0.25, 0.3) is 0 Å². The number of rotatable bonds is 5. The van der Waals surface area contributed by atoms with Crippen LogP contribution in [-0.2, 0) is 4.79 Å². The van der Waals surface area contributed by atoms with E-state index < -0.39 is 5.97 Å². The molecule has 1 aliphatic rings. The van der Waals surface area contributed by atoms with Crippen LogP contribution in [0.3, 0.4) is 0 Å². The maximum Gasteiger partial charge on any atom is 0.307 e. The van der Waals surface area contributed by atoms with Crippen LogP contribution >= 0.6 is 0 Å². The normalized spacial score (nSPS) is 24.3. The molecule has 88 valence electrons. The third-order valence-corrected chi connectivity index (χ3v) is 4.27. The van der Waals surface area contributed by atoms with E-state index in [1.54, 1.807) is 6.92 Å². The fraction of sp³-hybridized carbons (Fsp3) is 0.917. The Morgan fingerprint density at radius 2 is 1.80 bits per heavy atom. The van der Waals surface area contributed by atoms with Crippen LogP contribution in [0.4, 0.5) is 0 Å². The molecule has 0 radical (unpaired) electrons. The summed E-state index contributed by atoms with van der Waals surface area (Å²) in [5, 5.41) is 8.94. The van der Waals surface area contributed by atoms with E-state index in [2.05, 4.69) is 18.7 Å². The Balaban J connectivity index is 2.47. The first-order valence-corrected chi connectivity index (χ1v) is 5.92. The summed E-state index contributed by atoms with van der Waals surface area (Å²) in [5.41, 5.74) is 0.465. The zero-order valence-electron chi connectivity index (χ0n) is 10.3. The van der Waals surface area contributed by atoms with Gasteiger partial charge in [0.25, 0.3) is 0 Å². The quantitative estimate of drug-likeness (QED) is 0.761. The second-order valence-electron chi connectivity index (χ2n) is 4.98. The third kappa shape index (κ3) is 2.33. The van der Waals surface area contributed by atoms with Gasteiger partial charge in [-0.25, -0.2) is 0 Å². The summed E-state index contributed by atoms with van der Waals surface area (Å²) in [5.74, 6) is -0.954. The molecular formula is C12H23NO2. The number of carboxylic acids is 1. The fourth-order valence-corrected chi connectivity index (χ4v) is 2.32. The molecule has 0 aromatic heterocycles. The minimum atomic E-state index is -0.687. The van der Waals surface area contributed by atoms with Gasteiger partial charge in [-0.15, -0.1) is 0 Å². The van der Waals surface area contributed by atoms with Gasteiger partial charge in [-0.2, -0.15) is 0 Å². The number of hydrogen-bond donors (Lipinski definition) is 1. The first-order chi connectivity index (χ1) is 6.95. The molecule has 0 saturated carbocycles. The Morgan fingerprint density at radius 1 is 1.33 bits per heavy atom. The standard InChI is InChI=1S/C12H23NO2/c1-5-12(6-2)7-13(8-12)10(4)9(3)11(14)15/h9-10H,5-8H2,1-4H3,(H,14,15). The number of carboxylic acid groups (broad SMARTS) is 1. The number of aliphatic carboxylic acids is 1. The van der Waals surface area contributed by atoms with Gasteiger partial charge in [0.1, 0.15) is 0 Å². The van der Waals surface area contributed by atoms with Crippen LogP contribution in [0.1, 0.15) is 40.5 Å². The Morgan fingerprint density at radius 3 is 2.13 bits per heavy atom. The lowest BCUT2D eigenvalue weighted by molar-refractivity contribution is -0.146. The van der Waals surface area contributed by atoms with Crippen molar-refractivity contribution in [3.63, 3.8) is 0 Å². The molecule has 3 heteroatoms. The molecule has 1 aliphatic heterocycles. The average molecular weight is 213 g/mol. The van der Waals surface area contributed by atoms with E-state index in [4.69, 9.17) is 5.11 Å². The average Bonchev–Trinajstić information content (AvgIpc) is 2.16. The SMILES string of the molecule is CCC1(CC)CN(C(C)C(C)C(=O)O)C1. The molecule has 2 atom stereocenters. The Kier molecular flexibility index (Phi) is 3.77. The lowest BCUT2D eigenvalue weighted by atomic mass is 9.74. The highest BCUT2D eigenvalue weighted by Gasteiger charge is 2.43. The largest absolute Gasteiger partial charge is 0.481 e. The Labute approximate surface area is 92.5 Å². The summed E-state index contributed by atoms with van der Waals surface area (Å²) < 4.78 is 0. The highest BCUT2D eigenvalue weighted by atomic mass is 16.4. The number of carbonyl (C=O) groups is 1. The van der Waals surface area contributed by atoms with E-state index in [9.17, 15) is 4.79 Å². The van der Waals surface area contributed by atoms with Crippen LogP contribution in [0.5, 0.6) is 0 Å². The first-order valence-electron chi connectivity index (χ1n) is 5.92. The maximum atomic E-state index is 10.9. The second kappa shape index (κ2) is 4.52. The van der Waals surface area contributed by atoms with Crippen molar-refractivity contribution in [1.29, 1.82) is 0 Å². The van der Waals surface area contributed by atoms with E-state index in [1.807, 2.05) is 6.92 Å². The smallest absolute Gasteiger partial charge is 0.307 e. The zero-order valence-corrected chi connectivity index (χ0v) is 10.3. The third-order valence-electron chi connectivity index (χ3n) is 4.27. The highest BCUT2D eigenvalue weighted by Crippen LogP contribution is 2.39. The summed E-state index contributed by atoms with van der Waals surface area (Å²) in [7, 11) is 0. The lowest BCUT2D eigenvalue weighted by Crippen LogP contribution is -2.60. The summed E-state index contributed by atoms with van der Waals surface area (Å²) in [6, 6.07) is 0.161. The molecule has 1 rings (SSSR count). The van der Waals surface area contributed by atoms with Gasteiger partial charge < -0.3 is 5.11 Å². The predicted molar refractivity (Wildman–Crippen MR) is 60.8 cm³/mol. The van der Waals surface area contributed by atoms with Crippen molar-refractivity contribution in [3.8, 4) is 0 Å². The second-order valence-corrected chi connectivity index (χ2v) is 4.98. The molecular weight excluding hydrogens is 190 g/mol. The van der Waals surface area contributed by atoms with E-state index in [0.717, 1.165) is 13.1 Å². The van der Waals surface area contributed by atoms with Crippen molar-refractivity contribution < 1.29 is 9.90 Å². The van der Waals surface area contributed by atoms with Gasteiger partial charge in [0.15, 0.2) is 0 Å². The summed E-state index contributed by atoms with van der Waals surface area (Å²) in [4.78, 5) is 13.2. The van der Waals surface area contributed by atoms with E-state index in [0.29, 0.717) is 5.41 Å². The summed E-state index contributed by atoms with van der Waals surface area (Å²) in [6.07, 6.45) is 2.41. The monoisotopic (exact) mass is 213 g/mol. The van der Waals surface area contributed by atoms with Crippen LogP contribution < -0.4 is 0 Å². The number of likely N-dealkylation sites (tertiary alicyclic amines) is 1. The van der Waals surface area contributed by atoms with E-state index >= 15 is 0 Å². The minimum Gasteiger partial charge on any atom is -0.481 e. The summed E-state index contributed by atoms with van der Waals surface area (Å²) >= 11 is 0. The van der Waals surface area contributed by atoms with Gasteiger partial charge in [-0.1, -0.05) is 20.8 Å². The zero-order chi connectivity index (χ0) is 11.6. The van der Waals surface area contributed by atoms with Crippen molar-refractivity contribution in [2.24, 2.45) is 11.3 Å². The van der Waals surface area contributed by atoms with Crippen LogP contribution in [-0.4, -0.2) is 35.1 Å². The van der Waals surface area contributed by atoms with Crippen molar-refractivity contribution in [2.45, 2.75) is 46.6 Å². The molecule has 1 saturated heterocycles. The van der Waals surface area contributed by atoms with Crippen molar-refractivity contribution >= 4 is 5.97 Å². The molecule has 1 heterocycles. The first kappa shape index (κ1) is 12.5. The van der Waals surface area contributed by atoms with Crippen molar-refractivity contribution in [2.75, 3.05) is 13.1 Å². The minimum absolute atomic E-state index is 0.161. The maximum absolute atomic E-state index is 10.9. The Bertz CT molecular complexity index is 228. The number of hydrogen-bond acceptors (Lipinski definition) is 2. The van der Waals surface area contributed by atoms with Gasteiger partial charge in [0.2, 0.25) is 0 Å². The van der Waals surface area contributed by atoms with Gasteiger partial charge >= 0.3 is 5.97 Å². The molecule has 0 aromatic carbocycles. The van der Waals surface area contributed by atoms with E-state index in [-0.39, 0.29) is 12.0 Å². The fourth-order valence-electron chi connectivity index (χ4n) is 2.32. The molecule has 2 unspecified atom stereocenters. The molecule has 0 amide bonds. The van der Waals surface area contributed by atoms with Gasteiger partial charge in [-0.3, -0.25) is 9.69 Å². The molecule has 1 fully saturated rings. The Hall–Kier alpha value is -0.570. The molecule has 0 aliphatic carbocycles. The van der Waals surface area contributed by atoms with E-state index in [1.165, 1.54) is 12.8 Å². The lowest BCUT2D eigenvalue weighted by Gasteiger charge is -2.53. The number of nitrogens with zero attached hydrogens (tertiary/aromatic N) is 1. The molecule has 15 heavy (non-hydrogen) atoms. The molecule has 3 nitrogen and oxygen atoms in total. The van der Waals surface area contributed by atoms with Gasteiger partial charge in [0.05, 0.1) is 5.92 Å². The van der Waals surface area contributed by atoms with Crippen molar-refractivity contribution in [1.82, 2.24) is 4.90 Å². The molecule has 0 spiro atoms. The predicted octanol–water partition coefficient (Wildman–Crippen LogP) is 2.22. The van der Waals surface area contributed by atoms with Gasteiger partial charge in [-0.05, 0) is 25.2 Å².